The van der Waals surface area contributed by atoms with Crippen LogP contribution in [0.1, 0.15) is 45.1 Å². The highest BCUT2D eigenvalue weighted by Gasteiger charge is 2.57. The molecule has 0 N–H and O–H groups in total. The molecule has 1 saturated carbocycles. The van der Waals surface area contributed by atoms with Crippen LogP contribution in [0, 0.1) is 0 Å². The van der Waals surface area contributed by atoms with Gasteiger partial charge in [-0.25, -0.2) is 0 Å². The summed E-state index contributed by atoms with van der Waals surface area (Å²) in [5, 5.41) is 13.2. The Morgan fingerprint density at radius 1 is 0.431 bits per heavy atom. The topological polar surface area (TPSA) is 3.24 Å². The van der Waals surface area contributed by atoms with Gasteiger partial charge in [-0.05, 0) is 114 Å². The quantitative estimate of drug-likeness (QED) is 0.172. The third-order valence-corrected chi connectivity index (χ3v) is 13.2. The van der Waals surface area contributed by atoms with Crippen molar-refractivity contribution in [2.45, 2.75) is 50.5 Å². The van der Waals surface area contributed by atoms with Crippen molar-refractivity contribution < 1.29 is 0 Å². The van der Waals surface area contributed by atoms with E-state index in [1.54, 1.807) is 0 Å². The van der Waals surface area contributed by atoms with Crippen molar-refractivity contribution in [3.05, 3.63) is 157 Å². The number of fused-ring (bicyclic) bond motifs is 5. The summed E-state index contributed by atoms with van der Waals surface area (Å²) in [7, 11) is 0. The number of hydrogen-bond acceptors (Lipinski definition) is 1. The lowest BCUT2D eigenvalue weighted by Crippen LogP contribution is -2.54. The second kappa shape index (κ2) is 10.4. The predicted molar refractivity (Wildman–Crippen MR) is 219 cm³/mol. The van der Waals surface area contributed by atoms with Crippen molar-refractivity contribution in [3.8, 4) is 22.3 Å². The maximum atomic E-state index is 2.73. The molecule has 0 radical (unpaired) electrons. The number of rotatable bonds is 3. The monoisotopic (exact) mass is 653 g/mol. The first kappa shape index (κ1) is 29.1. The molecular weight excluding hydrogens is 615 g/mol. The molecule has 2 aliphatic rings. The number of benzene rings is 9. The molecule has 1 aliphatic heterocycles. The van der Waals surface area contributed by atoms with E-state index in [2.05, 4.69) is 170 Å². The van der Waals surface area contributed by atoms with Gasteiger partial charge in [0.05, 0.1) is 5.54 Å². The van der Waals surface area contributed by atoms with Gasteiger partial charge in [0.2, 0.25) is 0 Å². The first-order valence-corrected chi connectivity index (χ1v) is 18.7. The molecule has 51 heavy (non-hydrogen) atoms. The molecule has 0 aromatic heterocycles. The molecule has 1 nitrogen and oxygen atoms in total. The molecule has 2 unspecified atom stereocenters. The van der Waals surface area contributed by atoms with Gasteiger partial charge in [-0.2, -0.15) is 0 Å². The van der Waals surface area contributed by atoms with Crippen LogP contribution in [0.5, 0.6) is 0 Å². The van der Waals surface area contributed by atoms with Gasteiger partial charge in [0.1, 0.15) is 0 Å². The number of nitrogens with zero attached hydrogens (tertiary/aromatic N) is 1. The Morgan fingerprint density at radius 3 is 1.80 bits per heavy atom. The fraction of sp³-hybridized carbons (Fsp3) is 0.160. The zero-order chi connectivity index (χ0) is 33.9. The maximum Gasteiger partial charge on any atom is 0.0518 e. The zero-order valence-electron chi connectivity index (χ0n) is 29.2. The molecule has 11 rings (SSSR count). The van der Waals surface area contributed by atoms with Crippen molar-refractivity contribution >= 4 is 65.2 Å². The fourth-order valence-corrected chi connectivity index (χ4v) is 10.4. The SMILES string of the molecule is CC12CCCCC1(C)N(c1cccc3ccccc13)c1ccc(-c3ccc4ccc5c(-c6cccc7ccccc67)ccc6ccc3c4c65)cc12. The third-order valence-electron chi connectivity index (χ3n) is 13.2. The molecule has 9 aromatic rings. The molecule has 1 aliphatic carbocycles. The standard InChI is InChI=1S/C50H39N/c1-49-29-7-8-30-50(49,2)51(45-18-10-14-33-12-4-6-16-39(33)45)46-28-23-36(31-44(46)49)38-24-19-34-22-27-43-41(25-20-35-21-26-42(38)47(34)48(35)43)40-17-9-13-32-11-3-5-15-37(32)40/h3-6,9-28,31H,7-8,29-30H2,1-2H3. The van der Waals surface area contributed by atoms with E-state index in [9.17, 15) is 0 Å². The van der Waals surface area contributed by atoms with E-state index >= 15 is 0 Å². The summed E-state index contributed by atoms with van der Waals surface area (Å²) in [6.45, 7) is 5.09. The Bertz CT molecular complexity index is 2850. The average molecular weight is 654 g/mol. The molecule has 0 bridgehead atoms. The van der Waals surface area contributed by atoms with Gasteiger partial charge in [0.25, 0.3) is 0 Å². The van der Waals surface area contributed by atoms with Crippen molar-refractivity contribution in [2.75, 3.05) is 4.90 Å². The Hall–Kier alpha value is -5.66. The molecule has 1 fully saturated rings. The van der Waals surface area contributed by atoms with Crippen LogP contribution in [0.3, 0.4) is 0 Å². The van der Waals surface area contributed by atoms with Crippen LogP contribution in [0.4, 0.5) is 11.4 Å². The summed E-state index contributed by atoms with van der Waals surface area (Å²) in [5.41, 5.74) is 9.48. The minimum atomic E-state index is -0.00298. The highest BCUT2D eigenvalue weighted by Crippen LogP contribution is 2.62. The van der Waals surface area contributed by atoms with E-state index in [1.165, 1.54) is 119 Å². The smallest absolute Gasteiger partial charge is 0.0518 e. The molecular formula is C50H39N. The summed E-state index contributed by atoms with van der Waals surface area (Å²) in [4.78, 5) is 2.73. The average Bonchev–Trinajstić information content (AvgIpc) is 3.39. The molecule has 1 heteroatoms. The Morgan fingerprint density at radius 2 is 1.02 bits per heavy atom. The summed E-state index contributed by atoms with van der Waals surface area (Å²) >= 11 is 0. The minimum Gasteiger partial charge on any atom is -0.334 e. The minimum absolute atomic E-state index is 0.00298. The van der Waals surface area contributed by atoms with Gasteiger partial charge in [-0.1, -0.05) is 153 Å². The lowest BCUT2D eigenvalue weighted by molar-refractivity contribution is 0.195. The van der Waals surface area contributed by atoms with Crippen LogP contribution in [0.2, 0.25) is 0 Å². The summed E-state index contributed by atoms with van der Waals surface area (Å²) in [6, 6.07) is 57.4. The largest absolute Gasteiger partial charge is 0.334 e. The summed E-state index contributed by atoms with van der Waals surface area (Å²) < 4.78 is 0. The van der Waals surface area contributed by atoms with Crippen LogP contribution < -0.4 is 4.90 Å². The van der Waals surface area contributed by atoms with E-state index in [-0.39, 0.29) is 11.0 Å². The third kappa shape index (κ3) is 3.87. The maximum absolute atomic E-state index is 2.73. The van der Waals surface area contributed by atoms with Crippen molar-refractivity contribution in [2.24, 2.45) is 0 Å². The Kier molecular flexibility index (Phi) is 5.96. The summed E-state index contributed by atoms with van der Waals surface area (Å²) in [5.74, 6) is 0. The number of anilines is 2. The molecule has 9 aromatic carbocycles. The fourth-order valence-electron chi connectivity index (χ4n) is 10.4. The molecule has 1 heterocycles. The zero-order valence-corrected chi connectivity index (χ0v) is 29.2. The lowest BCUT2D eigenvalue weighted by atomic mass is 9.61. The van der Waals surface area contributed by atoms with Crippen molar-refractivity contribution in [1.29, 1.82) is 0 Å². The highest BCUT2D eigenvalue weighted by molar-refractivity contribution is 6.28. The van der Waals surface area contributed by atoms with Crippen LogP contribution in [0.15, 0.2) is 152 Å². The van der Waals surface area contributed by atoms with Gasteiger partial charge in [-0.3, -0.25) is 0 Å². The van der Waals surface area contributed by atoms with Crippen LogP contribution in [-0.4, -0.2) is 5.54 Å². The number of hydrogen-bond donors (Lipinski definition) is 0. The molecule has 244 valence electrons. The molecule has 0 saturated heterocycles. The van der Waals surface area contributed by atoms with Gasteiger partial charge >= 0.3 is 0 Å². The molecule has 2 atom stereocenters. The first-order valence-electron chi connectivity index (χ1n) is 18.7. The Labute approximate surface area is 299 Å². The van der Waals surface area contributed by atoms with Gasteiger partial charge in [0, 0.05) is 22.2 Å². The molecule has 0 spiro atoms. The van der Waals surface area contributed by atoms with Gasteiger partial charge in [0.15, 0.2) is 0 Å². The highest BCUT2D eigenvalue weighted by atomic mass is 15.3. The van der Waals surface area contributed by atoms with Gasteiger partial charge < -0.3 is 4.90 Å². The molecule has 0 amide bonds. The first-order chi connectivity index (χ1) is 25.0. The van der Waals surface area contributed by atoms with E-state index in [0.717, 1.165) is 0 Å². The van der Waals surface area contributed by atoms with Crippen LogP contribution >= 0.6 is 0 Å². The van der Waals surface area contributed by atoms with Crippen molar-refractivity contribution in [1.82, 2.24) is 0 Å². The van der Waals surface area contributed by atoms with E-state index in [4.69, 9.17) is 0 Å². The van der Waals surface area contributed by atoms with Crippen LogP contribution in [0.25, 0.3) is 76.1 Å². The van der Waals surface area contributed by atoms with Crippen LogP contribution in [-0.2, 0) is 5.41 Å². The van der Waals surface area contributed by atoms with E-state index in [0.29, 0.717) is 0 Å². The van der Waals surface area contributed by atoms with E-state index < -0.39 is 0 Å². The summed E-state index contributed by atoms with van der Waals surface area (Å²) in [6.07, 6.45) is 4.94. The van der Waals surface area contributed by atoms with Gasteiger partial charge in [-0.15, -0.1) is 0 Å². The second-order valence-corrected chi connectivity index (χ2v) is 15.6. The normalized spacial score (nSPS) is 20.2. The lowest BCUT2D eigenvalue weighted by Gasteiger charge is -2.50. The second-order valence-electron chi connectivity index (χ2n) is 15.6. The van der Waals surface area contributed by atoms with E-state index in [1.807, 2.05) is 0 Å². The van der Waals surface area contributed by atoms with Crippen molar-refractivity contribution in [3.63, 3.8) is 0 Å². The predicted octanol–water partition coefficient (Wildman–Crippen LogP) is 14.0. The Balaban J connectivity index is 1.13.